The van der Waals surface area contributed by atoms with E-state index in [1.54, 1.807) is 4.90 Å². The highest BCUT2D eigenvalue weighted by molar-refractivity contribution is 7.88. The molecular weight excluding hydrogens is 302 g/mol. The van der Waals surface area contributed by atoms with Crippen molar-refractivity contribution in [2.75, 3.05) is 19.3 Å². The summed E-state index contributed by atoms with van der Waals surface area (Å²) in [6, 6.07) is 7.71. The van der Waals surface area contributed by atoms with Gasteiger partial charge >= 0.3 is 0 Å². The van der Waals surface area contributed by atoms with Gasteiger partial charge in [-0.1, -0.05) is 24.3 Å². The van der Waals surface area contributed by atoms with E-state index in [4.69, 9.17) is 5.73 Å². The number of fused-ring (bicyclic) bond motifs is 1. The van der Waals surface area contributed by atoms with Gasteiger partial charge in [0.2, 0.25) is 15.9 Å². The fourth-order valence-corrected chi connectivity index (χ4v) is 4.25. The summed E-state index contributed by atoms with van der Waals surface area (Å²) in [6.45, 7) is 0.933. The van der Waals surface area contributed by atoms with Crippen molar-refractivity contribution in [3.05, 3.63) is 35.4 Å². The molecule has 1 heterocycles. The molecule has 3 rings (SSSR count). The maximum Gasteiger partial charge on any atom is 0.243 e. The Hall–Kier alpha value is -1.44. The lowest BCUT2D eigenvalue weighted by molar-refractivity contribution is -0.135. The average Bonchev–Trinajstić information content (AvgIpc) is 2.99. The summed E-state index contributed by atoms with van der Waals surface area (Å²) in [6.07, 6.45) is 2.85. The van der Waals surface area contributed by atoms with Gasteiger partial charge in [-0.3, -0.25) is 4.79 Å². The molecule has 22 heavy (non-hydrogen) atoms. The van der Waals surface area contributed by atoms with Gasteiger partial charge in [0.1, 0.15) is 5.54 Å². The summed E-state index contributed by atoms with van der Waals surface area (Å²) < 4.78 is 25.1. The van der Waals surface area contributed by atoms with E-state index in [2.05, 4.69) is 4.72 Å². The maximum atomic E-state index is 12.8. The second-order valence-electron chi connectivity index (χ2n) is 6.41. The number of hydrogen-bond donors (Lipinski definition) is 2. The first-order valence-corrected chi connectivity index (χ1v) is 9.28. The van der Waals surface area contributed by atoms with Crippen LogP contribution in [0.5, 0.6) is 0 Å². The van der Waals surface area contributed by atoms with Gasteiger partial charge in [-0.2, -0.15) is 0 Å². The summed E-state index contributed by atoms with van der Waals surface area (Å²) in [7, 11) is -3.25. The zero-order valence-corrected chi connectivity index (χ0v) is 13.4. The molecule has 0 saturated carbocycles. The molecule has 1 aliphatic heterocycles. The molecule has 6 nitrogen and oxygen atoms in total. The van der Waals surface area contributed by atoms with Crippen LogP contribution in [0.3, 0.4) is 0 Å². The number of nitrogens with zero attached hydrogens (tertiary/aromatic N) is 1. The summed E-state index contributed by atoms with van der Waals surface area (Å²) in [5, 5.41) is 0. The zero-order valence-electron chi connectivity index (χ0n) is 12.6. The van der Waals surface area contributed by atoms with E-state index in [-0.39, 0.29) is 11.9 Å². The van der Waals surface area contributed by atoms with Gasteiger partial charge < -0.3 is 10.6 Å². The minimum absolute atomic E-state index is 0.0819. The second-order valence-corrected chi connectivity index (χ2v) is 8.19. The van der Waals surface area contributed by atoms with Crippen LogP contribution in [0.4, 0.5) is 0 Å². The number of nitrogens with one attached hydrogen (secondary N) is 1. The van der Waals surface area contributed by atoms with Gasteiger partial charge in [-0.05, 0) is 30.4 Å². The van der Waals surface area contributed by atoms with E-state index in [9.17, 15) is 13.2 Å². The molecule has 0 spiro atoms. The number of benzene rings is 1. The van der Waals surface area contributed by atoms with Gasteiger partial charge in [0, 0.05) is 19.1 Å². The summed E-state index contributed by atoms with van der Waals surface area (Å²) in [5.41, 5.74) is 7.73. The molecule has 2 aliphatic rings. The molecule has 1 unspecified atom stereocenters. The second kappa shape index (κ2) is 5.33. The first kappa shape index (κ1) is 15.5. The van der Waals surface area contributed by atoms with Gasteiger partial charge in [0.15, 0.2) is 0 Å². The SMILES string of the molecule is CS(=O)(=O)NC1CCN(C(=O)C2(N)Cc3ccccc3C2)C1. The molecule has 0 radical (unpaired) electrons. The Morgan fingerprint density at radius 3 is 2.45 bits per heavy atom. The van der Waals surface area contributed by atoms with E-state index in [1.165, 1.54) is 0 Å². The average molecular weight is 323 g/mol. The van der Waals surface area contributed by atoms with Crippen molar-refractivity contribution in [2.45, 2.75) is 30.8 Å². The molecule has 0 aromatic heterocycles. The number of likely N-dealkylation sites (tertiary alicyclic amines) is 1. The minimum atomic E-state index is -3.25. The van der Waals surface area contributed by atoms with Gasteiger partial charge in [-0.25, -0.2) is 13.1 Å². The van der Waals surface area contributed by atoms with Crippen molar-refractivity contribution >= 4 is 15.9 Å². The number of rotatable bonds is 3. The van der Waals surface area contributed by atoms with Crippen LogP contribution < -0.4 is 10.5 Å². The highest BCUT2D eigenvalue weighted by Crippen LogP contribution is 2.30. The molecule has 0 bridgehead atoms. The van der Waals surface area contributed by atoms with E-state index in [0.717, 1.165) is 17.4 Å². The Morgan fingerprint density at radius 2 is 1.91 bits per heavy atom. The van der Waals surface area contributed by atoms with E-state index in [0.29, 0.717) is 32.4 Å². The lowest BCUT2D eigenvalue weighted by Gasteiger charge is -2.28. The van der Waals surface area contributed by atoms with Gasteiger partial charge in [0.25, 0.3) is 0 Å². The first-order valence-electron chi connectivity index (χ1n) is 7.39. The molecule has 1 amide bonds. The highest BCUT2D eigenvalue weighted by Gasteiger charge is 2.44. The predicted octanol–water partition coefficient (Wildman–Crippen LogP) is -0.367. The number of hydrogen-bond acceptors (Lipinski definition) is 4. The Morgan fingerprint density at radius 1 is 1.32 bits per heavy atom. The van der Waals surface area contributed by atoms with Gasteiger partial charge in [-0.15, -0.1) is 0 Å². The number of carbonyl (C=O) groups is 1. The fraction of sp³-hybridized carbons (Fsp3) is 0.533. The molecule has 3 N–H and O–H groups in total. The molecule has 1 atom stereocenters. The van der Waals surface area contributed by atoms with E-state index in [1.807, 2.05) is 24.3 Å². The number of nitrogens with two attached hydrogens (primary N) is 1. The van der Waals surface area contributed by atoms with Crippen LogP contribution in [0.15, 0.2) is 24.3 Å². The van der Waals surface area contributed by atoms with Crippen molar-refractivity contribution in [1.29, 1.82) is 0 Å². The van der Waals surface area contributed by atoms with Gasteiger partial charge in [0.05, 0.1) is 6.26 Å². The Balaban J connectivity index is 1.68. The van der Waals surface area contributed by atoms with Crippen LogP contribution in [0.2, 0.25) is 0 Å². The van der Waals surface area contributed by atoms with Crippen LogP contribution in [-0.2, 0) is 27.7 Å². The maximum absolute atomic E-state index is 12.8. The van der Waals surface area contributed by atoms with Crippen molar-refractivity contribution in [3.8, 4) is 0 Å². The quantitative estimate of drug-likeness (QED) is 0.794. The molecule has 120 valence electrons. The molecule has 1 fully saturated rings. The number of amides is 1. The number of sulfonamides is 1. The molecule has 7 heteroatoms. The van der Waals surface area contributed by atoms with Crippen molar-refractivity contribution < 1.29 is 13.2 Å². The number of carbonyl (C=O) groups excluding carboxylic acids is 1. The van der Waals surface area contributed by atoms with E-state index >= 15 is 0 Å². The van der Waals surface area contributed by atoms with Crippen molar-refractivity contribution in [3.63, 3.8) is 0 Å². The Kier molecular flexibility index (Phi) is 3.74. The van der Waals surface area contributed by atoms with Crippen LogP contribution >= 0.6 is 0 Å². The summed E-state index contributed by atoms with van der Waals surface area (Å²) in [5.74, 6) is -0.0819. The third kappa shape index (κ3) is 3.02. The van der Waals surface area contributed by atoms with Crippen LogP contribution in [0.1, 0.15) is 17.5 Å². The zero-order chi connectivity index (χ0) is 16.0. The monoisotopic (exact) mass is 323 g/mol. The predicted molar refractivity (Wildman–Crippen MR) is 83.7 cm³/mol. The standard InChI is InChI=1S/C15H21N3O3S/c1-22(20,21)17-13-6-7-18(10-13)14(19)15(16)8-11-4-2-3-5-12(11)9-15/h2-5,13,17H,6-10,16H2,1H3. The summed E-state index contributed by atoms with van der Waals surface area (Å²) >= 11 is 0. The third-order valence-corrected chi connectivity index (χ3v) is 5.17. The third-order valence-electron chi connectivity index (χ3n) is 4.41. The normalized spacial score (nSPS) is 23.5. The fourth-order valence-electron chi connectivity index (χ4n) is 3.45. The Labute approximate surface area is 130 Å². The van der Waals surface area contributed by atoms with Crippen LogP contribution in [0, 0.1) is 0 Å². The van der Waals surface area contributed by atoms with Crippen LogP contribution in [0.25, 0.3) is 0 Å². The molecule has 1 aliphatic carbocycles. The first-order chi connectivity index (χ1) is 10.3. The summed E-state index contributed by atoms with van der Waals surface area (Å²) in [4.78, 5) is 14.5. The highest BCUT2D eigenvalue weighted by atomic mass is 32.2. The molecule has 1 aromatic rings. The molecule has 1 aromatic carbocycles. The minimum Gasteiger partial charge on any atom is -0.339 e. The van der Waals surface area contributed by atoms with E-state index < -0.39 is 15.6 Å². The lowest BCUT2D eigenvalue weighted by atomic mass is 9.95. The van der Waals surface area contributed by atoms with Crippen molar-refractivity contribution in [1.82, 2.24) is 9.62 Å². The Bertz CT molecular complexity index is 677. The van der Waals surface area contributed by atoms with Crippen LogP contribution in [-0.4, -0.2) is 50.2 Å². The van der Waals surface area contributed by atoms with Crippen molar-refractivity contribution in [2.24, 2.45) is 5.73 Å². The lowest BCUT2D eigenvalue weighted by Crippen LogP contribution is -2.56. The smallest absolute Gasteiger partial charge is 0.243 e. The largest absolute Gasteiger partial charge is 0.339 e. The molecule has 1 saturated heterocycles. The molecular formula is C15H21N3O3S. The topological polar surface area (TPSA) is 92.5 Å².